The Balaban J connectivity index is 1.45. The van der Waals surface area contributed by atoms with Crippen LogP contribution in [0.4, 0.5) is 6.01 Å². The molecule has 0 radical (unpaired) electrons. The maximum atomic E-state index is 10.4. The van der Waals surface area contributed by atoms with E-state index in [-0.39, 0.29) is 17.9 Å². The lowest BCUT2D eigenvalue weighted by Gasteiger charge is -2.13. The summed E-state index contributed by atoms with van der Waals surface area (Å²) in [5, 5.41) is 21.8. The third-order valence-corrected chi connectivity index (χ3v) is 5.10. The molecule has 2 heterocycles. The van der Waals surface area contributed by atoms with Crippen LogP contribution in [-0.4, -0.2) is 37.5 Å². The fraction of sp³-hybridized carbons (Fsp3) is 0.500. The van der Waals surface area contributed by atoms with Crippen molar-refractivity contribution < 1.29 is 9.52 Å². The number of nitrogens with zero attached hydrogens (tertiary/aromatic N) is 4. The number of aliphatic hydroxyl groups excluding tert-OH is 1. The van der Waals surface area contributed by atoms with Crippen LogP contribution in [0.1, 0.15) is 35.7 Å². The third-order valence-electron chi connectivity index (χ3n) is 5.10. The van der Waals surface area contributed by atoms with E-state index in [4.69, 9.17) is 4.42 Å². The maximum Gasteiger partial charge on any atom is 0.295 e. The number of aryl methyl sites for hydroxylation is 3. The predicted molar refractivity (Wildman–Crippen MR) is 94.4 cm³/mol. The van der Waals surface area contributed by atoms with Crippen LogP contribution in [0, 0.1) is 19.8 Å². The zero-order chi connectivity index (χ0) is 17.6. The van der Waals surface area contributed by atoms with Crippen molar-refractivity contribution in [3.05, 3.63) is 35.4 Å². The number of aromatic nitrogens is 4. The van der Waals surface area contributed by atoms with E-state index in [2.05, 4.69) is 33.5 Å². The van der Waals surface area contributed by atoms with Gasteiger partial charge in [-0.15, -0.1) is 10.2 Å². The first-order valence-corrected chi connectivity index (χ1v) is 8.65. The van der Waals surface area contributed by atoms with Crippen molar-refractivity contribution in [2.45, 2.75) is 38.7 Å². The summed E-state index contributed by atoms with van der Waals surface area (Å²) in [6, 6.07) is 4.62. The largest absolute Gasteiger partial charge is 0.423 e. The first-order chi connectivity index (χ1) is 12.0. The molecule has 132 valence electrons. The summed E-state index contributed by atoms with van der Waals surface area (Å²) in [5.41, 5.74) is 3.93. The number of fused-ring (bicyclic) bond motifs is 1. The summed E-state index contributed by atoms with van der Waals surface area (Å²) in [5.74, 6) is 1.32. The number of benzene rings is 1. The van der Waals surface area contributed by atoms with E-state index in [1.807, 2.05) is 24.6 Å². The number of anilines is 1. The molecule has 0 spiro atoms. The van der Waals surface area contributed by atoms with Gasteiger partial charge in [-0.2, -0.15) is 4.98 Å². The lowest BCUT2D eigenvalue weighted by molar-refractivity contribution is 0.137. The van der Waals surface area contributed by atoms with Crippen LogP contribution in [0.5, 0.6) is 0 Å². The van der Waals surface area contributed by atoms with Gasteiger partial charge in [0, 0.05) is 25.4 Å². The average Bonchev–Trinajstić information content (AvgIpc) is 3.24. The Bertz CT molecular complexity index is 900. The molecule has 0 saturated heterocycles. The van der Waals surface area contributed by atoms with E-state index in [1.165, 1.54) is 5.56 Å². The smallest absolute Gasteiger partial charge is 0.295 e. The quantitative estimate of drug-likeness (QED) is 0.758. The first-order valence-electron chi connectivity index (χ1n) is 8.65. The summed E-state index contributed by atoms with van der Waals surface area (Å²) in [4.78, 5) is 4.52. The van der Waals surface area contributed by atoms with Crippen molar-refractivity contribution >= 4 is 17.1 Å². The number of aliphatic hydroxyl groups is 1. The van der Waals surface area contributed by atoms with Crippen LogP contribution in [0.15, 0.2) is 22.9 Å². The summed E-state index contributed by atoms with van der Waals surface area (Å²) < 4.78 is 7.77. The van der Waals surface area contributed by atoms with Crippen LogP contribution in [0.25, 0.3) is 11.1 Å². The van der Waals surface area contributed by atoms with E-state index >= 15 is 0 Å². The molecule has 3 aromatic rings. The van der Waals surface area contributed by atoms with E-state index in [1.54, 1.807) is 6.33 Å². The molecule has 1 aliphatic carbocycles. The lowest BCUT2D eigenvalue weighted by Crippen LogP contribution is -2.21. The van der Waals surface area contributed by atoms with Crippen molar-refractivity contribution in [3.63, 3.8) is 0 Å². The van der Waals surface area contributed by atoms with Gasteiger partial charge in [-0.25, -0.2) is 0 Å². The van der Waals surface area contributed by atoms with Gasteiger partial charge in [0.2, 0.25) is 0 Å². The molecule has 2 N–H and O–H groups in total. The highest BCUT2D eigenvalue weighted by Crippen LogP contribution is 2.37. The number of rotatable bonds is 4. The van der Waals surface area contributed by atoms with E-state index in [0.717, 1.165) is 28.9 Å². The Morgan fingerprint density at radius 3 is 2.92 bits per heavy atom. The van der Waals surface area contributed by atoms with Crippen molar-refractivity contribution in [1.82, 2.24) is 19.7 Å². The van der Waals surface area contributed by atoms with Crippen molar-refractivity contribution in [2.75, 3.05) is 11.9 Å². The second-order valence-corrected chi connectivity index (χ2v) is 7.13. The van der Waals surface area contributed by atoms with Gasteiger partial charge < -0.3 is 19.4 Å². The maximum absolute atomic E-state index is 10.4. The molecule has 2 aromatic heterocycles. The SMILES string of the molecule is Cc1cc(C)c2oc(NC[C@H]3C[C@H](c4nncn4C)C[C@H]3O)nc2c1. The van der Waals surface area contributed by atoms with Crippen LogP contribution in [0.2, 0.25) is 0 Å². The van der Waals surface area contributed by atoms with Crippen LogP contribution >= 0.6 is 0 Å². The molecule has 7 nitrogen and oxygen atoms in total. The van der Waals surface area contributed by atoms with Gasteiger partial charge in [0.15, 0.2) is 5.58 Å². The third kappa shape index (κ3) is 3.00. The van der Waals surface area contributed by atoms with Crippen LogP contribution in [0.3, 0.4) is 0 Å². The van der Waals surface area contributed by atoms with Gasteiger partial charge in [0.25, 0.3) is 6.01 Å². The van der Waals surface area contributed by atoms with Gasteiger partial charge in [0.05, 0.1) is 6.10 Å². The molecule has 0 amide bonds. The molecule has 0 bridgehead atoms. The lowest BCUT2D eigenvalue weighted by atomic mass is 10.0. The summed E-state index contributed by atoms with van der Waals surface area (Å²) >= 11 is 0. The zero-order valence-electron chi connectivity index (χ0n) is 14.7. The Morgan fingerprint density at radius 1 is 1.32 bits per heavy atom. The van der Waals surface area contributed by atoms with E-state index in [0.29, 0.717) is 19.0 Å². The second-order valence-electron chi connectivity index (χ2n) is 7.13. The normalized spacial score (nSPS) is 23.4. The zero-order valence-corrected chi connectivity index (χ0v) is 14.7. The summed E-state index contributed by atoms with van der Waals surface area (Å²) in [7, 11) is 1.94. The highest BCUT2D eigenvalue weighted by atomic mass is 16.4. The number of hydrogen-bond donors (Lipinski definition) is 2. The molecule has 25 heavy (non-hydrogen) atoms. The topological polar surface area (TPSA) is 89.0 Å². The minimum atomic E-state index is -0.359. The standard InChI is InChI=1S/C18H23N5O2/c1-10-4-11(2)16-14(5-10)21-18(25-16)19-8-13-6-12(7-15(13)24)17-22-20-9-23(17)3/h4-5,9,12-13,15,24H,6-8H2,1-3H3,(H,19,21)/t12-,13+,15+/m0/s1. The average molecular weight is 341 g/mol. The van der Waals surface area contributed by atoms with Crippen molar-refractivity contribution in [3.8, 4) is 0 Å². The van der Waals surface area contributed by atoms with Gasteiger partial charge in [-0.05, 0) is 43.9 Å². The van der Waals surface area contributed by atoms with Gasteiger partial charge in [-0.1, -0.05) is 6.07 Å². The van der Waals surface area contributed by atoms with E-state index in [9.17, 15) is 5.11 Å². The minimum absolute atomic E-state index is 0.138. The fourth-order valence-corrected chi connectivity index (χ4v) is 3.87. The molecule has 1 aliphatic rings. The van der Waals surface area contributed by atoms with Gasteiger partial charge in [-0.3, -0.25) is 0 Å². The number of hydrogen-bond acceptors (Lipinski definition) is 6. The van der Waals surface area contributed by atoms with Gasteiger partial charge >= 0.3 is 0 Å². The monoisotopic (exact) mass is 341 g/mol. The highest BCUT2D eigenvalue weighted by molar-refractivity contribution is 5.78. The summed E-state index contributed by atoms with van der Waals surface area (Å²) in [6.07, 6.45) is 2.93. The van der Waals surface area contributed by atoms with Crippen molar-refractivity contribution in [2.24, 2.45) is 13.0 Å². The molecule has 4 rings (SSSR count). The number of oxazole rings is 1. The Labute approximate surface area is 146 Å². The first kappa shape index (κ1) is 16.1. The summed E-state index contributed by atoms with van der Waals surface area (Å²) in [6.45, 7) is 4.70. The molecule has 0 unspecified atom stereocenters. The molecule has 1 fully saturated rings. The molecule has 3 atom stereocenters. The Morgan fingerprint density at radius 2 is 2.16 bits per heavy atom. The number of nitrogens with one attached hydrogen (secondary N) is 1. The highest BCUT2D eigenvalue weighted by Gasteiger charge is 2.35. The Hall–Kier alpha value is -2.41. The predicted octanol–water partition coefficient (Wildman–Crippen LogP) is 2.54. The molecular weight excluding hydrogens is 318 g/mol. The minimum Gasteiger partial charge on any atom is -0.423 e. The second kappa shape index (κ2) is 6.15. The van der Waals surface area contributed by atoms with E-state index < -0.39 is 0 Å². The molecular formula is C18H23N5O2. The van der Waals surface area contributed by atoms with Crippen LogP contribution < -0.4 is 5.32 Å². The van der Waals surface area contributed by atoms with Gasteiger partial charge in [0.1, 0.15) is 17.7 Å². The van der Waals surface area contributed by atoms with Crippen molar-refractivity contribution in [1.29, 1.82) is 0 Å². The molecule has 7 heteroatoms. The molecule has 1 aromatic carbocycles. The van der Waals surface area contributed by atoms with Crippen LogP contribution in [-0.2, 0) is 7.05 Å². The molecule has 1 saturated carbocycles. The molecule has 0 aliphatic heterocycles. The fourth-order valence-electron chi connectivity index (χ4n) is 3.87. The Kier molecular flexibility index (Phi) is 3.95.